The zero-order chi connectivity index (χ0) is 11.0. The molecule has 1 aromatic carbocycles. The topological polar surface area (TPSA) is 74.6 Å². The van der Waals surface area contributed by atoms with Gasteiger partial charge in [0.25, 0.3) is 5.78 Å². The highest BCUT2D eigenvalue weighted by atomic mass is 32.1. The number of carbonyl (C=O) groups excluding carboxylic acids is 1. The molecule has 2 rings (SSSR count). The number of carboxylic acid groups (broad SMARTS) is 1. The molecule has 0 unspecified atom stereocenters. The van der Waals surface area contributed by atoms with Crippen molar-refractivity contribution in [2.45, 2.75) is 0 Å². The predicted molar refractivity (Wildman–Crippen MR) is 55.5 cm³/mol. The summed E-state index contributed by atoms with van der Waals surface area (Å²) in [4.78, 5) is 21.5. The largest absolute Gasteiger partial charge is 0.506 e. The molecule has 0 fully saturated rings. The van der Waals surface area contributed by atoms with Gasteiger partial charge in [-0.2, -0.15) is 0 Å². The van der Waals surface area contributed by atoms with E-state index in [-0.39, 0.29) is 10.6 Å². The Kier molecular flexibility index (Phi) is 2.17. The van der Waals surface area contributed by atoms with Crippen LogP contribution < -0.4 is 0 Å². The Hall–Kier alpha value is -1.88. The number of aromatic hydroxyl groups is 1. The molecule has 0 radical (unpaired) electrons. The van der Waals surface area contributed by atoms with Gasteiger partial charge in [-0.3, -0.25) is 4.79 Å². The van der Waals surface area contributed by atoms with Gasteiger partial charge in [-0.1, -0.05) is 12.1 Å². The molecule has 2 N–H and O–H groups in total. The van der Waals surface area contributed by atoms with E-state index >= 15 is 0 Å². The number of carbonyl (C=O) groups is 2. The summed E-state index contributed by atoms with van der Waals surface area (Å²) < 4.78 is 0.694. The average molecular weight is 222 g/mol. The first-order valence-electron chi connectivity index (χ1n) is 4.09. The molecule has 1 heterocycles. The van der Waals surface area contributed by atoms with Gasteiger partial charge in [0.15, 0.2) is 0 Å². The van der Waals surface area contributed by atoms with E-state index in [1.807, 2.05) is 0 Å². The summed E-state index contributed by atoms with van der Waals surface area (Å²) in [6, 6.07) is 6.83. The quantitative estimate of drug-likeness (QED) is 0.601. The van der Waals surface area contributed by atoms with Gasteiger partial charge in [0.1, 0.15) is 10.6 Å². The van der Waals surface area contributed by atoms with Gasteiger partial charge in [-0.15, -0.1) is 11.3 Å². The van der Waals surface area contributed by atoms with E-state index in [0.717, 1.165) is 11.3 Å². The number of fused-ring (bicyclic) bond motifs is 1. The molecule has 1 aromatic heterocycles. The zero-order valence-electron chi connectivity index (χ0n) is 7.43. The summed E-state index contributed by atoms with van der Waals surface area (Å²) in [6.07, 6.45) is 0. The van der Waals surface area contributed by atoms with E-state index < -0.39 is 11.8 Å². The number of aliphatic carboxylic acids is 1. The van der Waals surface area contributed by atoms with E-state index in [2.05, 4.69) is 0 Å². The van der Waals surface area contributed by atoms with Crippen molar-refractivity contribution in [3.8, 4) is 5.75 Å². The second-order valence-corrected chi connectivity index (χ2v) is 3.96. The molecule has 0 aliphatic carbocycles. The van der Waals surface area contributed by atoms with Gasteiger partial charge in [-0.05, 0) is 12.1 Å². The van der Waals surface area contributed by atoms with Gasteiger partial charge in [0.05, 0.1) is 0 Å². The molecule has 2 aromatic rings. The Bertz CT molecular complexity index is 556. The maximum Gasteiger partial charge on any atom is 0.378 e. The van der Waals surface area contributed by atoms with E-state index in [0.29, 0.717) is 10.1 Å². The first kappa shape index (κ1) is 9.67. The Morgan fingerprint density at radius 3 is 2.47 bits per heavy atom. The molecular formula is C10H6O4S. The van der Waals surface area contributed by atoms with Crippen molar-refractivity contribution < 1.29 is 19.8 Å². The fourth-order valence-corrected chi connectivity index (χ4v) is 2.31. The Morgan fingerprint density at radius 2 is 1.87 bits per heavy atom. The molecule has 5 heteroatoms. The Balaban J connectivity index is 2.68. The molecule has 0 saturated carbocycles. The van der Waals surface area contributed by atoms with Gasteiger partial charge in [0, 0.05) is 10.1 Å². The minimum Gasteiger partial charge on any atom is -0.506 e. The van der Waals surface area contributed by atoms with Crippen LogP contribution in [-0.4, -0.2) is 22.0 Å². The van der Waals surface area contributed by atoms with Crippen LogP contribution in [0, 0.1) is 0 Å². The minimum absolute atomic E-state index is 0.122. The van der Waals surface area contributed by atoms with Crippen LogP contribution in [0.5, 0.6) is 5.75 Å². The third-order valence-electron chi connectivity index (χ3n) is 1.97. The van der Waals surface area contributed by atoms with Crippen LogP contribution in [0.15, 0.2) is 24.3 Å². The highest BCUT2D eigenvalue weighted by Crippen LogP contribution is 2.36. The average Bonchev–Trinajstić information content (AvgIpc) is 2.56. The monoisotopic (exact) mass is 222 g/mol. The Morgan fingerprint density at radius 1 is 1.20 bits per heavy atom. The Labute approximate surface area is 88.4 Å². The van der Waals surface area contributed by atoms with Crippen LogP contribution in [0.4, 0.5) is 0 Å². The summed E-state index contributed by atoms with van der Waals surface area (Å²) >= 11 is 0.980. The SMILES string of the molecule is O=C(O)C(=O)c1sc2ccccc2c1O. The number of hydrogen-bond donors (Lipinski definition) is 2. The molecule has 0 aliphatic heterocycles. The lowest BCUT2D eigenvalue weighted by atomic mass is 10.2. The summed E-state index contributed by atoms with van der Waals surface area (Å²) in [5.74, 6) is -2.88. The fourth-order valence-electron chi connectivity index (χ4n) is 1.28. The van der Waals surface area contributed by atoms with Crippen molar-refractivity contribution in [3.63, 3.8) is 0 Å². The summed E-state index contributed by atoms with van der Waals surface area (Å²) in [5.41, 5.74) is 0. The van der Waals surface area contributed by atoms with Gasteiger partial charge in [-0.25, -0.2) is 4.79 Å². The molecule has 0 aliphatic rings. The molecule has 0 spiro atoms. The predicted octanol–water partition coefficient (Wildman–Crippen LogP) is 1.87. The molecule has 76 valence electrons. The number of benzene rings is 1. The van der Waals surface area contributed by atoms with Crippen LogP contribution in [0.1, 0.15) is 9.67 Å². The van der Waals surface area contributed by atoms with Crippen molar-refractivity contribution in [1.82, 2.24) is 0 Å². The normalized spacial score (nSPS) is 10.4. The smallest absolute Gasteiger partial charge is 0.378 e. The first-order valence-corrected chi connectivity index (χ1v) is 4.91. The van der Waals surface area contributed by atoms with Crippen molar-refractivity contribution in [2.75, 3.05) is 0 Å². The zero-order valence-corrected chi connectivity index (χ0v) is 8.25. The van der Waals surface area contributed by atoms with Crippen molar-refractivity contribution in [2.24, 2.45) is 0 Å². The lowest BCUT2D eigenvalue weighted by molar-refractivity contribution is -0.131. The molecule has 0 bridgehead atoms. The second-order valence-electron chi connectivity index (χ2n) is 2.91. The summed E-state index contributed by atoms with van der Waals surface area (Å²) in [7, 11) is 0. The molecule has 0 saturated heterocycles. The van der Waals surface area contributed by atoms with Gasteiger partial charge >= 0.3 is 5.97 Å². The van der Waals surface area contributed by atoms with Crippen LogP contribution in [0.3, 0.4) is 0 Å². The maximum absolute atomic E-state index is 11.2. The molecule has 0 amide bonds. The van der Waals surface area contributed by atoms with Crippen LogP contribution in [0.2, 0.25) is 0 Å². The number of hydrogen-bond acceptors (Lipinski definition) is 4. The molecule has 4 nitrogen and oxygen atoms in total. The maximum atomic E-state index is 11.2. The molecule has 15 heavy (non-hydrogen) atoms. The van der Waals surface area contributed by atoms with E-state index in [9.17, 15) is 14.7 Å². The molecular weight excluding hydrogens is 216 g/mol. The number of Topliss-reactive ketones (excluding diaryl/α,β-unsaturated/α-hetero) is 1. The highest BCUT2D eigenvalue weighted by Gasteiger charge is 2.22. The number of thiophene rings is 1. The third-order valence-corrected chi connectivity index (χ3v) is 3.13. The first-order chi connectivity index (χ1) is 7.11. The number of carboxylic acids is 1. The number of rotatable bonds is 2. The highest BCUT2D eigenvalue weighted by molar-refractivity contribution is 7.22. The molecule has 0 atom stereocenters. The van der Waals surface area contributed by atoms with E-state index in [1.54, 1.807) is 24.3 Å². The lowest BCUT2D eigenvalue weighted by Gasteiger charge is -1.91. The standard InChI is InChI=1S/C10H6O4S/c11-7-5-3-1-2-4-6(5)15-9(7)8(12)10(13)14/h1-4,11H,(H,13,14). The fraction of sp³-hybridized carbons (Fsp3) is 0. The van der Waals surface area contributed by atoms with Crippen molar-refractivity contribution >= 4 is 33.2 Å². The van der Waals surface area contributed by atoms with E-state index in [4.69, 9.17) is 5.11 Å². The minimum atomic E-state index is -1.56. The summed E-state index contributed by atoms with van der Waals surface area (Å²) in [5, 5.41) is 18.7. The van der Waals surface area contributed by atoms with Gasteiger partial charge in [0.2, 0.25) is 0 Å². The third kappa shape index (κ3) is 1.46. The van der Waals surface area contributed by atoms with Crippen LogP contribution >= 0.6 is 11.3 Å². The van der Waals surface area contributed by atoms with Crippen molar-refractivity contribution in [1.29, 1.82) is 0 Å². The van der Waals surface area contributed by atoms with Gasteiger partial charge < -0.3 is 10.2 Å². The van der Waals surface area contributed by atoms with Crippen LogP contribution in [0.25, 0.3) is 10.1 Å². The van der Waals surface area contributed by atoms with E-state index in [1.165, 1.54) is 0 Å². The lowest BCUT2D eigenvalue weighted by Crippen LogP contribution is -2.10. The second kappa shape index (κ2) is 3.36. The number of ketones is 1. The van der Waals surface area contributed by atoms with Crippen LogP contribution in [-0.2, 0) is 4.79 Å². The summed E-state index contributed by atoms with van der Waals surface area (Å²) in [6.45, 7) is 0. The van der Waals surface area contributed by atoms with Crippen molar-refractivity contribution in [3.05, 3.63) is 29.1 Å².